The van der Waals surface area contributed by atoms with Crippen LogP contribution in [0.3, 0.4) is 0 Å². The van der Waals surface area contributed by atoms with Crippen LogP contribution < -0.4 is 5.32 Å². The summed E-state index contributed by atoms with van der Waals surface area (Å²) < 4.78 is 11.7. The normalized spacial score (nSPS) is 22.4. The van der Waals surface area contributed by atoms with Gasteiger partial charge in [-0.1, -0.05) is 71.9 Å². The molecule has 4 heterocycles. The van der Waals surface area contributed by atoms with E-state index in [1.807, 2.05) is 92.0 Å². The number of rotatable bonds is 11. The number of oxime groups is 1. The van der Waals surface area contributed by atoms with Gasteiger partial charge in [0.1, 0.15) is 17.1 Å². The Morgan fingerprint density at radius 3 is 2.35 bits per heavy atom. The van der Waals surface area contributed by atoms with Gasteiger partial charge in [-0.25, -0.2) is 4.79 Å². The standard InChI is InChI=1S/C34H36N4O6S2/c1-22-27(21-35-44-23(2)37-15-17-42-18-16-37)30(34(41)43-31(24-10-5-3-6-11-24)25-12-7-4-8-13-25)38-32(40)29(33(38)46-22)36-28(39)20-26-14-9-19-45-26/h3-14,19,21-23,29,31,33H,15-18,20H2,1-2H3,(H,36,39)/b35-21+/t22-,23?,29?,33-/m1/s1. The molecular weight excluding hydrogens is 625 g/mol. The molecule has 2 aromatic carbocycles. The van der Waals surface area contributed by atoms with Crippen LogP contribution in [-0.4, -0.2) is 83.0 Å². The Kier molecular flexibility index (Phi) is 10.2. The van der Waals surface area contributed by atoms with Crippen LogP contribution in [0.25, 0.3) is 0 Å². The topological polar surface area (TPSA) is 110 Å². The number of morpholine rings is 1. The summed E-state index contributed by atoms with van der Waals surface area (Å²) in [5.74, 6) is -1.28. The minimum Gasteiger partial charge on any atom is -0.448 e. The summed E-state index contributed by atoms with van der Waals surface area (Å²) in [5.41, 5.74) is 2.21. The molecule has 3 aliphatic rings. The number of hydrogen-bond donors (Lipinski definition) is 1. The molecule has 2 saturated heterocycles. The molecule has 0 radical (unpaired) electrons. The van der Waals surface area contributed by atoms with Gasteiger partial charge in [-0.05, 0) is 36.4 Å². The Labute approximate surface area is 276 Å². The molecule has 0 aliphatic carbocycles. The van der Waals surface area contributed by atoms with Crippen molar-refractivity contribution in [2.45, 2.75) is 49.3 Å². The lowest BCUT2D eigenvalue weighted by Gasteiger charge is -2.51. The van der Waals surface area contributed by atoms with E-state index >= 15 is 0 Å². The van der Waals surface area contributed by atoms with Gasteiger partial charge in [0.25, 0.3) is 5.91 Å². The zero-order valence-electron chi connectivity index (χ0n) is 25.6. The Bertz CT molecular complexity index is 1540. The molecule has 3 aliphatic heterocycles. The highest BCUT2D eigenvalue weighted by Gasteiger charge is 2.56. The fraction of sp³-hybridized carbons (Fsp3) is 0.353. The molecule has 0 spiro atoms. The summed E-state index contributed by atoms with van der Waals surface area (Å²) in [6, 6.07) is 22.0. The van der Waals surface area contributed by atoms with Crippen LogP contribution in [0.15, 0.2) is 94.6 Å². The second-order valence-electron chi connectivity index (χ2n) is 11.2. The summed E-state index contributed by atoms with van der Waals surface area (Å²) in [6.07, 6.45) is 0.687. The summed E-state index contributed by atoms with van der Waals surface area (Å²) in [5, 5.41) is 8.34. The third-order valence-corrected chi connectivity index (χ3v) is 10.5. The molecule has 12 heteroatoms. The number of hydrogen-bond acceptors (Lipinski definition) is 10. The number of thiophene rings is 1. The van der Waals surface area contributed by atoms with Crippen molar-refractivity contribution in [1.29, 1.82) is 0 Å². The summed E-state index contributed by atoms with van der Waals surface area (Å²) in [4.78, 5) is 51.0. The molecule has 1 N–H and O–H groups in total. The molecule has 2 amide bonds. The third-order valence-electron chi connectivity index (χ3n) is 8.16. The first-order valence-electron chi connectivity index (χ1n) is 15.3. The monoisotopic (exact) mass is 660 g/mol. The Balaban J connectivity index is 1.28. The van der Waals surface area contributed by atoms with Crippen molar-refractivity contribution in [3.63, 3.8) is 0 Å². The maximum atomic E-state index is 14.2. The number of nitrogens with one attached hydrogen (secondary N) is 1. The van der Waals surface area contributed by atoms with E-state index in [9.17, 15) is 14.4 Å². The highest BCUT2D eigenvalue weighted by molar-refractivity contribution is 8.00. The second-order valence-corrected chi connectivity index (χ2v) is 13.7. The minimum absolute atomic E-state index is 0.105. The smallest absolute Gasteiger partial charge is 0.356 e. The molecule has 10 nitrogen and oxygen atoms in total. The number of carbonyl (C=O) groups excluding carboxylic acids is 3. The van der Waals surface area contributed by atoms with Gasteiger partial charge < -0.3 is 19.6 Å². The average molecular weight is 661 g/mol. The largest absolute Gasteiger partial charge is 0.448 e. The van der Waals surface area contributed by atoms with Crippen LogP contribution in [0, 0.1) is 0 Å². The number of thioether (sulfide) groups is 1. The van der Waals surface area contributed by atoms with Crippen LogP contribution in [0.4, 0.5) is 0 Å². The quantitative estimate of drug-likeness (QED) is 0.140. The van der Waals surface area contributed by atoms with Crippen molar-refractivity contribution in [3.8, 4) is 0 Å². The van der Waals surface area contributed by atoms with E-state index < -0.39 is 23.5 Å². The maximum absolute atomic E-state index is 14.2. The van der Waals surface area contributed by atoms with Crippen LogP contribution in [0.2, 0.25) is 0 Å². The molecule has 1 aromatic heterocycles. The van der Waals surface area contributed by atoms with E-state index in [0.29, 0.717) is 18.8 Å². The number of carbonyl (C=O) groups is 3. The summed E-state index contributed by atoms with van der Waals surface area (Å²) in [6.45, 7) is 6.56. The van der Waals surface area contributed by atoms with Crippen LogP contribution in [-0.2, 0) is 35.1 Å². The fourth-order valence-corrected chi connectivity index (χ4v) is 7.81. The average Bonchev–Trinajstić information content (AvgIpc) is 3.60. The number of fused-ring (bicyclic) bond motifs is 1. The van der Waals surface area contributed by atoms with Crippen LogP contribution in [0.5, 0.6) is 0 Å². The molecule has 0 saturated carbocycles. The van der Waals surface area contributed by atoms with E-state index in [1.54, 1.807) is 0 Å². The first-order chi connectivity index (χ1) is 22.4. The Morgan fingerprint density at radius 2 is 1.72 bits per heavy atom. The first-order valence-corrected chi connectivity index (χ1v) is 17.1. The SMILES string of the molecule is CC(O/N=C/C1=C(C(=O)OC(c2ccccc2)c2ccccc2)N2C(=O)C(NC(=O)Cc3cccs3)[C@H]2S[C@@H]1C)N1CCOCC1. The Morgan fingerprint density at radius 1 is 1.04 bits per heavy atom. The Hall–Kier alpha value is -3.97. The molecule has 46 heavy (non-hydrogen) atoms. The second kappa shape index (κ2) is 14.6. The van der Waals surface area contributed by atoms with Gasteiger partial charge in [0.2, 0.25) is 5.91 Å². The van der Waals surface area contributed by atoms with Crippen molar-refractivity contribution in [3.05, 3.63) is 105 Å². The van der Waals surface area contributed by atoms with E-state index in [0.717, 1.165) is 29.1 Å². The van der Waals surface area contributed by atoms with Crippen LogP contribution in [0.1, 0.15) is 36.0 Å². The lowest BCUT2D eigenvalue weighted by atomic mass is 9.99. The zero-order valence-corrected chi connectivity index (χ0v) is 27.2. The number of benzene rings is 2. The van der Waals surface area contributed by atoms with Crippen molar-refractivity contribution in [2.24, 2.45) is 5.16 Å². The lowest BCUT2D eigenvalue weighted by Crippen LogP contribution is -2.71. The number of esters is 1. The number of amides is 2. The minimum atomic E-state index is -0.766. The van der Waals surface area contributed by atoms with Gasteiger partial charge in [-0.3, -0.25) is 19.4 Å². The molecule has 240 valence electrons. The fourth-order valence-electron chi connectivity index (χ4n) is 5.70. The van der Waals surface area contributed by atoms with Gasteiger partial charge in [-0.15, -0.1) is 23.1 Å². The number of nitrogens with zero attached hydrogens (tertiary/aromatic N) is 3. The molecule has 2 fully saturated rings. The lowest BCUT2D eigenvalue weighted by molar-refractivity contribution is -0.154. The van der Waals surface area contributed by atoms with E-state index in [2.05, 4.69) is 15.4 Å². The third kappa shape index (κ3) is 7.05. The van der Waals surface area contributed by atoms with Gasteiger partial charge in [-0.2, -0.15) is 0 Å². The zero-order chi connectivity index (χ0) is 32.0. The number of ether oxygens (including phenoxy) is 2. The highest BCUT2D eigenvalue weighted by atomic mass is 32.2. The maximum Gasteiger partial charge on any atom is 0.356 e. The summed E-state index contributed by atoms with van der Waals surface area (Å²) in [7, 11) is 0. The number of β-lactam (4-membered cyclic amide) rings is 1. The van der Waals surface area contributed by atoms with Gasteiger partial charge in [0, 0.05) is 28.8 Å². The predicted molar refractivity (Wildman–Crippen MR) is 177 cm³/mol. The molecule has 0 bridgehead atoms. The molecule has 3 aromatic rings. The molecule has 4 atom stereocenters. The predicted octanol–water partition coefficient (Wildman–Crippen LogP) is 4.35. The van der Waals surface area contributed by atoms with Crippen molar-refractivity contribution >= 4 is 47.1 Å². The van der Waals surface area contributed by atoms with Crippen molar-refractivity contribution in [2.75, 3.05) is 26.3 Å². The first kappa shape index (κ1) is 32.0. The van der Waals surface area contributed by atoms with Crippen LogP contribution >= 0.6 is 23.1 Å². The molecule has 2 unspecified atom stereocenters. The molecule has 6 rings (SSSR count). The van der Waals surface area contributed by atoms with Crippen molar-refractivity contribution in [1.82, 2.24) is 15.1 Å². The van der Waals surface area contributed by atoms with E-state index in [4.69, 9.17) is 14.3 Å². The van der Waals surface area contributed by atoms with E-state index in [1.165, 1.54) is 34.2 Å². The van der Waals surface area contributed by atoms with Crippen molar-refractivity contribution < 1.29 is 28.7 Å². The van der Waals surface area contributed by atoms with Gasteiger partial charge in [0.05, 0.1) is 25.8 Å². The highest BCUT2D eigenvalue weighted by Crippen LogP contribution is 2.44. The van der Waals surface area contributed by atoms with E-state index in [-0.39, 0.29) is 35.4 Å². The molecular formula is C34H36N4O6S2. The van der Waals surface area contributed by atoms with Gasteiger partial charge >= 0.3 is 5.97 Å². The van der Waals surface area contributed by atoms with Gasteiger partial charge in [0.15, 0.2) is 12.3 Å². The summed E-state index contributed by atoms with van der Waals surface area (Å²) >= 11 is 2.97.